The molecule has 0 fully saturated rings. The lowest BCUT2D eigenvalue weighted by atomic mass is 10.2. The normalized spacial score (nSPS) is 13.4. The third-order valence-electron chi connectivity index (χ3n) is 1.86. The molecule has 0 saturated carbocycles. The van der Waals surface area contributed by atoms with Crippen molar-refractivity contribution in [3.63, 3.8) is 0 Å². The summed E-state index contributed by atoms with van der Waals surface area (Å²) in [6.45, 7) is 1.95. The molecule has 2 rings (SSSR count). The molecule has 0 amide bonds. The maximum atomic E-state index is 5.68. The molecule has 74 valence electrons. The highest BCUT2D eigenvalue weighted by Gasteiger charge is 2.07. The number of aromatic nitrogens is 3. The predicted molar refractivity (Wildman–Crippen MR) is 58.0 cm³/mol. The number of nitrogens with two attached hydrogens (primary N) is 1. The summed E-state index contributed by atoms with van der Waals surface area (Å²) in [6, 6.07) is 3.95. The molecule has 4 nitrogen and oxygen atoms in total. The number of hydrogen-bond donors (Lipinski definition) is 1. The first-order valence-corrected chi connectivity index (χ1v) is 5.21. The van der Waals surface area contributed by atoms with Crippen molar-refractivity contribution in [3.05, 3.63) is 28.6 Å². The molecule has 5 heteroatoms. The van der Waals surface area contributed by atoms with Crippen molar-refractivity contribution < 1.29 is 0 Å². The number of pyridine rings is 1. The molecule has 0 aromatic carbocycles. The van der Waals surface area contributed by atoms with Crippen LogP contribution in [0.3, 0.4) is 0 Å². The lowest BCUT2D eigenvalue weighted by molar-refractivity contribution is 0.700. The average Bonchev–Trinajstić information content (AvgIpc) is 2.47. The molecular weight excluding hydrogens is 244 g/mol. The van der Waals surface area contributed by atoms with Crippen LogP contribution in [0, 0.1) is 0 Å². The Balaban J connectivity index is 2.46. The van der Waals surface area contributed by atoms with Crippen molar-refractivity contribution in [1.82, 2.24) is 14.6 Å². The average molecular weight is 255 g/mol. The topological polar surface area (TPSA) is 56.2 Å². The fourth-order valence-electron chi connectivity index (χ4n) is 1.29. The van der Waals surface area contributed by atoms with Gasteiger partial charge in [0.25, 0.3) is 0 Å². The minimum atomic E-state index is 0.0891. The maximum Gasteiger partial charge on any atom is 0.169 e. The quantitative estimate of drug-likeness (QED) is 0.882. The Morgan fingerprint density at radius 1 is 1.64 bits per heavy atom. The van der Waals surface area contributed by atoms with E-state index in [0.29, 0.717) is 6.42 Å². The lowest BCUT2D eigenvalue weighted by Gasteiger charge is -1.97. The number of rotatable bonds is 2. The van der Waals surface area contributed by atoms with Gasteiger partial charge in [-0.15, -0.1) is 0 Å². The van der Waals surface area contributed by atoms with Crippen LogP contribution in [0.15, 0.2) is 22.8 Å². The van der Waals surface area contributed by atoms with Gasteiger partial charge < -0.3 is 5.73 Å². The molecule has 0 aliphatic rings. The fraction of sp³-hybridized carbons (Fsp3) is 0.333. The van der Waals surface area contributed by atoms with Gasteiger partial charge in [0.2, 0.25) is 0 Å². The standard InChI is InChI=1S/C9H11BrN4/c1-6(11)5-8-12-9-7(10)3-2-4-14(9)13-8/h2-4,6H,5,11H2,1H3. The second-order valence-corrected chi connectivity index (χ2v) is 4.19. The number of halogens is 1. The van der Waals surface area contributed by atoms with Crippen LogP contribution in [-0.4, -0.2) is 20.6 Å². The maximum absolute atomic E-state index is 5.68. The third kappa shape index (κ3) is 1.78. The highest BCUT2D eigenvalue weighted by atomic mass is 79.9. The molecule has 2 aromatic heterocycles. The van der Waals surface area contributed by atoms with Crippen LogP contribution in [0.2, 0.25) is 0 Å². The van der Waals surface area contributed by atoms with Crippen LogP contribution >= 0.6 is 15.9 Å². The summed E-state index contributed by atoms with van der Waals surface area (Å²) in [7, 11) is 0. The number of hydrogen-bond acceptors (Lipinski definition) is 3. The van der Waals surface area contributed by atoms with Crippen molar-refractivity contribution in [2.24, 2.45) is 5.73 Å². The summed E-state index contributed by atoms with van der Waals surface area (Å²) in [4.78, 5) is 4.38. The van der Waals surface area contributed by atoms with Crippen LogP contribution in [0.4, 0.5) is 0 Å². The van der Waals surface area contributed by atoms with Crippen LogP contribution in [0.25, 0.3) is 5.65 Å². The minimum Gasteiger partial charge on any atom is -0.328 e. The van der Waals surface area contributed by atoms with Gasteiger partial charge >= 0.3 is 0 Å². The van der Waals surface area contributed by atoms with E-state index in [9.17, 15) is 0 Å². The molecule has 0 aliphatic heterocycles. The van der Waals surface area contributed by atoms with Gasteiger partial charge in [-0.05, 0) is 35.0 Å². The Kier molecular flexibility index (Phi) is 2.52. The van der Waals surface area contributed by atoms with Crippen LogP contribution in [0.5, 0.6) is 0 Å². The Morgan fingerprint density at radius 3 is 3.07 bits per heavy atom. The van der Waals surface area contributed by atoms with Gasteiger partial charge in [-0.1, -0.05) is 0 Å². The second kappa shape index (κ2) is 3.67. The Labute approximate surface area is 90.3 Å². The van der Waals surface area contributed by atoms with Crippen molar-refractivity contribution in [2.75, 3.05) is 0 Å². The Hall–Kier alpha value is -0.940. The van der Waals surface area contributed by atoms with E-state index in [1.807, 2.05) is 25.3 Å². The highest BCUT2D eigenvalue weighted by Crippen LogP contribution is 2.15. The predicted octanol–water partition coefficient (Wildman–Crippen LogP) is 1.38. The molecule has 0 bridgehead atoms. The van der Waals surface area contributed by atoms with Crippen LogP contribution < -0.4 is 5.73 Å². The first-order valence-electron chi connectivity index (χ1n) is 4.42. The van der Waals surface area contributed by atoms with Gasteiger partial charge in [0.15, 0.2) is 11.5 Å². The summed E-state index contributed by atoms with van der Waals surface area (Å²) in [6.07, 6.45) is 2.58. The molecule has 14 heavy (non-hydrogen) atoms. The van der Waals surface area contributed by atoms with Crippen molar-refractivity contribution >= 4 is 21.6 Å². The van der Waals surface area contributed by atoms with Gasteiger partial charge in [-0.25, -0.2) is 9.50 Å². The van der Waals surface area contributed by atoms with Gasteiger partial charge in [0, 0.05) is 18.7 Å². The largest absolute Gasteiger partial charge is 0.328 e. The molecule has 0 aliphatic carbocycles. The van der Waals surface area contributed by atoms with E-state index in [1.54, 1.807) is 4.52 Å². The molecule has 1 atom stereocenters. The number of nitrogens with zero attached hydrogens (tertiary/aromatic N) is 3. The zero-order chi connectivity index (χ0) is 10.1. The molecule has 1 unspecified atom stereocenters. The van der Waals surface area contributed by atoms with Crippen molar-refractivity contribution in [2.45, 2.75) is 19.4 Å². The third-order valence-corrected chi connectivity index (χ3v) is 2.48. The molecule has 2 N–H and O–H groups in total. The summed E-state index contributed by atoms with van der Waals surface area (Å²) < 4.78 is 2.70. The first kappa shape index (κ1) is 9.61. The van der Waals surface area contributed by atoms with E-state index in [1.165, 1.54) is 0 Å². The second-order valence-electron chi connectivity index (χ2n) is 3.33. The van der Waals surface area contributed by atoms with Crippen LogP contribution in [-0.2, 0) is 6.42 Å². The Morgan fingerprint density at radius 2 is 2.43 bits per heavy atom. The SMILES string of the molecule is CC(N)Cc1nc2c(Br)cccn2n1. The summed E-state index contributed by atoms with van der Waals surface area (Å²) in [5, 5.41) is 4.31. The van der Waals surface area contributed by atoms with E-state index in [-0.39, 0.29) is 6.04 Å². The molecule has 0 spiro atoms. The van der Waals surface area contributed by atoms with E-state index in [4.69, 9.17) is 5.73 Å². The van der Waals surface area contributed by atoms with Gasteiger partial charge in [0.05, 0.1) is 4.47 Å². The molecule has 0 radical (unpaired) electrons. The van der Waals surface area contributed by atoms with Gasteiger partial charge in [0.1, 0.15) is 0 Å². The molecule has 0 saturated heterocycles. The number of fused-ring (bicyclic) bond motifs is 1. The van der Waals surface area contributed by atoms with Crippen LogP contribution in [0.1, 0.15) is 12.7 Å². The molecule has 2 heterocycles. The van der Waals surface area contributed by atoms with E-state index in [0.717, 1.165) is 15.9 Å². The zero-order valence-electron chi connectivity index (χ0n) is 7.81. The first-order chi connectivity index (χ1) is 6.66. The Bertz CT molecular complexity index is 449. The summed E-state index contributed by atoms with van der Waals surface area (Å²) in [5.74, 6) is 0.784. The zero-order valence-corrected chi connectivity index (χ0v) is 9.40. The van der Waals surface area contributed by atoms with E-state index < -0.39 is 0 Å². The monoisotopic (exact) mass is 254 g/mol. The van der Waals surface area contributed by atoms with Crippen molar-refractivity contribution in [1.29, 1.82) is 0 Å². The minimum absolute atomic E-state index is 0.0891. The molecular formula is C9H11BrN4. The molecule has 2 aromatic rings. The van der Waals surface area contributed by atoms with E-state index in [2.05, 4.69) is 26.0 Å². The van der Waals surface area contributed by atoms with Crippen molar-refractivity contribution in [3.8, 4) is 0 Å². The highest BCUT2D eigenvalue weighted by molar-refractivity contribution is 9.10. The van der Waals surface area contributed by atoms with E-state index >= 15 is 0 Å². The van der Waals surface area contributed by atoms with Gasteiger partial charge in [-0.3, -0.25) is 0 Å². The fourth-order valence-corrected chi connectivity index (χ4v) is 1.72. The lowest BCUT2D eigenvalue weighted by Crippen LogP contribution is -2.18. The smallest absolute Gasteiger partial charge is 0.169 e. The summed E-state index contributed by atoms with van der Waals surface area (Å²) >= 11 is 3.42. The van der Waals surface area contributed by atoms with Gasteiger partial charge in [-0.2, -0.15) is 5.10 Å². The summed E-state index contributed by atoms with van der Waals surface area (Å²) in [5.41, 5.74) is 6.52.